The van der Waals surface area contributed by atoms with Gasteiger partial charge in [0.25, 0.3) is 0 Å². The van der Waals surface area contributed by atoms with Crippen LogP contribution in [0.2, 0.25) is 0 Å². The summed E-state index contributed by atoms with van der Waals surface area (Å²) in [6.07, 6.45) is 4.35. The van der Waals surface area contributed by atoms with Crippen molar-refractivity contribution in [3.63, 3.8) is 0 Å². The predicted octanol–water partition coefficient (Wildman–Crippen LogP) is 1.71. The van der Waals surface area contributed by atoms with Crippen molar-refractivity contribution in [3.05, 3.63) is 0 Å². The molecule has 0 radical (unpaired) electrons. The van der Waals surface area contributed by atoms with E-state index in [1.807, 2.05) is 6.92 Å². The second-order valence-electron chi connectivity index (χ2n) is 6.31. The van der Waals surface area contributed by atoms with Crippen LogP contribution >= 0.6 is 0 Å². The fraction of sp³-hybridized carbons (Fsp3) is 0.857. The summed E-state index contributed by atoms with van der Waals surface area (Å²) in [5.74, 6) is 0.370. The maximum absolute atomic E-state index is 11.9. The van der Waals surface area contributed by atoms with Gasteiger partial charge >= 0.3 is 0 Å². The topological polar surface area (TPSA) is 57.6 Å². The number of rotatable bonds is 2. The van der Waals surface area contributed by atoms with Crippen LogP contribution in [0, 0.1) is 11.8 Å². The maximum atomic E-state index is 11.9. The Labute approximate surface area is 108 Å². The van der Waals surface area contributed by atoms with Crippen molar-refractivity contribution in [2.45, 2.75) is 58.0 Å². The number of amides is 2. The highest BCUT2D eigenvalue weighted by atomic mass is 16.3. The Bertz CT molecular complexity index is 337. The number of carbonyl (C=O) groups is 2. The summed E-state index contributed by atoms with van der Waals surface area (Å²) in [6.45, 7) is 4.23. The molecule has 1 aliphatic heterocycles. The van der Waals surface area contributed by atoms with Gasteiger partial charge in [0.1, 0.15) is 0 Å². The Morgan fingerprint density at radius 1 is 1.22 bits per heavy atom. The van der Waals surface area contributed by atoms with Crippen LogP contribution in [0.1, 0.15) is 52.4 Å². The molecule has 2 fully saturated rings. The standard InChI is InChI=1S/C14H23NO3/c1-10-4-3-5-14(18,8-10)9-15-12(16)6-11(2)7-13(15)17/h10-11,18H,3-9H2,1-2H3. The average molecular weight is 253 g/mol. The summed E-state index contributed by atoms with van der Waals surface area (Å²) >= 11 is 0. The minimum absolute atomic E-state index is 0.120. The van der Waals surface area contributed by atoms with E-state index in [1.54, 1.807) is 0 Å². The molecule has 102 valence electrons. The molecular weight excluding hydrogens is 230 g/mol. The number of aliphatic hydroxyl groups is 1. The highest BCUT2D eigenvalue weighted by Crippen LogP contribution is 2.34. The minimum Gasteiger partial charge on any atom is -0.388 e. The fourth-order valence-electron chi connectivity index (χ4n) is 3.27. The average Bonchev–Trinajstić information content (AvgIpc) is 2.23. The maximum Gasteiger partial charge on any atom is 0.229 e. The zero-order valence-electron chi connectivity index (χ0n) is 11.3. The first-order valence-electron chi connectivity index (χ1n) is 6.95. The number of nitrogens with zero attached hydrogens (tertiary/aromatic N) is 1. The summed E-state index contributed by atoms with van der Waals surface area (Å²) < 4.78 is 0. The van der Waals surface area contributed by atoms with Gasteiger partial charge in [-0.15, -0.1) is 0 Å². The van der Waals surface area contributed by atoms with Crippen molar-refractivity contribution in [1.29, 1.82) is 0 Å². The molecule has 0 bridgehead atoms. The second-order valence-corrected chi connectivity index (χ2v) is 6.31. The molecule has 1 saturated heterocycles. The Morgan fingerprint density at radius 2 is 1.83 bits per heavy atom. The Kier molecular flexibility index (Phi) is 3.76. The number of carbonyl (C=O) groups excluding carboxylic acids is 2. The summed E-state index contributed by atoms with van der Waals surface area (Å²) in [5.41, 5.74) is -0.858. The van der Waals surface area contributed by atoms with Crippen LogP contribution in [0.5, 0.6) is 0 Å². The predicted molar refractivity (Wildman–Crippen MR) is 67.7 cm³/mol. The molecule has 1 aliphatic carbocycles. The van der Waals surface area contributed by atoms with Crippen molar-refractivity contribution in [1.82, 2.24) is 4.90 Å². The van der Waals surface area contributed by atoms with Crippen LogP contribution in [0.25, 0.3) is 0 Å². The van der Waals surface area contributed by atoms with E-state index < -0.39 is 5.60 Å². The third kappa shape index (κ3) is 2.91. The van der Waals surface area contributed by atoms with Crippen molar-refractivity contribution in [2.24, 2.45) is 11.8 Å². The molecule has 4 nitrogen and oxygen atoms in total. The highest BCUT2D eigenvalue weighted by molar-refractivity contribution is 5.97. The van der Waals surface area contributed by atoms with Crippen molar-refractivity contribution < 1.29 is 14.7 Å². The number of imide groups is 1. The largest absolute Gasteiger partial charge is 0.388 e. The Balaban J connectivity index is 2.03. The molecule has 2 unspecified atom stereocenters. The van der Waals surface area contributed by atoms with Crippen molar-refractivity contribution >= 4 is 11.8 Å². The molecule has 0 aromatic rings. The number of hydrogen-bond donors (Lipinski definition) is 1. The van der Waals surface area contributed by atoms with Crippen LogP contribution < -0.4 is 0 Å². The summed E-state index contributed by atoms with van der Waals surface area (Å²) in [4.78, 5) is 25.1. The number of hydrogen-bond acceptors (Lipinski definition) is 3. The first-order chi connectivity index (χ1) is 8.39. The molecular formula is C14H23NO3. The SMILES string of the molecule is CC1CC(=O)N(CC2(O)CCCC(C)C2)C(=O)C1. The third-order valence-corrected chi connectivity index (χ3v) is 4.17. The lowest BCUT2D eigenvalue weighted by Gasteiger charge is -2.40. The number of likely N-dealkylation sites (tertiary alicyclic amines) is 1. The molecule has 4 heteroatoms. The summed E-state index contributed by atoms with van der Waals surface area (Å²) in [6, 6.07) is 0. The molecule has 1 N–H and O–H groups in total. The Morgan fingerprint density at radius 3 is 2.39 bits per heavy atom. The lowest BCUT2D eigenvalue weighted by atomic mass is 9.78. The molecule has 18 heavy (non-hydrogen) atoms. The van der Waals surface area contributed by atoms with E-state index in [1.165, 1.54) is 4.90 Å². The van der Waals surface area contributed by atoms with Crippen LogP contribution in [-0.4, -0.2) is 34.0 Å². The summed E-state index contributed by atoms with van der Waals surface area (Å²) in [7, 11) is 0. The van der Waals surface area contributed by atoms with Gasteiger partial charge in [0.2, 0.25) is 11.8 Å². The normalized spacial score (nSPS) is 35.1. The van der Waals surface area contributed by atoms with Crippen LogP contribution in [0.3, 0.4) is 0 Å². The van der Waals surface area contributed by atoms with Gasteiger partial charge in [0, 0.05) is 12.8 Å². The Hall–Kier alpha value is -0.900. The van der Waals surface area contributed by atoms with Gasteiger partial charge in [-0.3, -0.25) is 14.5 Å². The molecule has 2 rings (SSSR count). The lowest BCUT2D eigenvalue weighted by molar-refractivity contribution is -0.155. The third-order valence-electron chi connectivity index (χ3n) is 4.17. The number of β-amino-alcohol motifs (C(OH)–C–C–N with tert-alkyl or cyclic N) is 1. The smallest absolute Gasteiger partial charge is 0.229 e. The molecule has 1 heterocycles. The van der Waals surface area contributed by atoms with Gasteiger partial charge < -0.3 is 5.11 Å². The number of piperidine rings is 1. The van der Waals surface area contributed by atoms with E-state index in [0.717, 1.165) is 12.8 Å². The van der Waals surface area contributed by atoms with Gasteiger partial charge in [-0.25, -0.2) is 0 Å². The highest BCUT2D eigenvalue weighted by Gasteiger charge is 2.39. The van der Waals surface area contributed by atoms with Gasteiger partial charge in [-0.2, -0.15) is 0 Å². The van der Waals surface area contributed by atoms with E-state index in [-0.39, 0.29) is 24.3 Å². The molecule has 0 aromatic carbocycles. The molecule has 0 aromatic heterocycles. The van der Waals surface area contributed by atoms with Crippen LogP contribution in [0.4, 0.5) is 0 Å². The van der Waals surface area contributed by atoms with Crippen molar-refractivity contribution in [3.8, 4) is 0 Å². The molecule has 1 saturated carbocycles. The minimum atomic E-state index is -0.858. The quantitative estimate of drug-likeness (QED) is 0.762. The summed E-state index contributed by atoms with van der Waals surface area (Å²) in [5, 5.41) is 10.5. The fourth-order valence-corrected chi connectivity index (χ4v) is 3.27. The first kappa shape index (κ1) is 13.5. The van der Waals surface area contributed by atoms with Gasteiger partial charge in [-0.05, 0) is 24.7 Å². The van der Waals surface area contributed by atoms with Crippen LogP contribution in [0.15, 0.2) is 0 Å². The van der Waals surface area contributed by atoms with E-state index in [9.17, 15) is 14.7 Å². The van der Waals surface area contributed by atoms with Crippen LogP contribution in [-0.2, 0) is 9.59 Å². The van der Waals surface area contributed by atoms with Gasteiger partial charge in [-0.1, -0.05) is 26.7 Å². The molecule has 0 spiro atoms. The lowest BCUT2D eigenvalue weighted by Crippen LogP contribution is -2.52. The zero-order valence-corrected chi connectivity index (χ0v) is 11.3. The molecule has 2 atom stereocenters. The monoisotopic (exact) mass is 253 g/mol. The van der Waals surface area contributed by atoms with Gasteiger partial charge in [0.05, 0.1) is 12.1 Å². The molecule has 2 aliphatic rings. The van der Waals surface area contributed by atoms with E-state index >= 15 is 0 Å². The van der Waals surface area contributed by atoms with E-state index in [4.69, 9.17) is 0 Å². The second kappa shape index (κ2) is 5.00. The van der Waals surface area contributed by atoms with E-state index in [2.05, 4.69) is 6.92 Å². The van der Waals surface area contributed by atoms with E-state index in [0.29, 0.717) is 31.6 Å². The zero-order chi connectivity index (χ0) is 13.3. The van der Waals surface area contributed by atoms with Crippen molar-refractivity contribution in [2.75, 3.05) is 6.54 Å². The van der Waals surface area contributed by atoms with Gasteiger partial charge in [0.15, 0.2) is 0 Å². The first-order valence-corrected chi connectivity index (χ1v) is 6.95. The molecule has 2 amide bonds.